The number of hydrogen-bond acceptors (Lipinski definition) is 3. The Balaban J connectivity index is 1.55. The molecule has 3 aromatic carbocycles. The van der Waals surface area contributed by atoms with Crippen LogP contribution in [-0.4, -0.2) is 24.0 Å². The summed E-state index contributed by atoms with van der Waals surface area (Å²) in [5.41, 5.74) is 3.46. The molecule has 1 unspecified atom stereocenters. The van der Waals surface area contributed by atoms with Gasteiger partial charge in [0.15, 0.2) is 0 Å². The van der Waals surface area contributed by atoms with Gasteiger partial charge in [-0.25, -0.2) is 0 Å². The molecule has 5 nitrogen and oxygen atoms in total. The summed E-state index contributed by atoms with van der Waals surface area (Å²) in [6, 6.07) is 22.5. The van der Waals surface area contributed by atoms with Gasteiger partial charge in [0.25, 0.3) is 5.56 Å². The molecule has 4 aromatic rings. The highest BCUT2D eigenvalue weighted by atomic mass is 35.5. The van der Waals surface area contributed by atoms with Crippen molar-refractivity contribution in [1.29, 1.82) is 0 Å². The van der Waals surface area contributed by atoms with Gasteiger partial charge in [-0.1, -0.05) is 65.7 Å². The molecule has 1 saturated heterocycles. The molecule has 1 aromatic heterocycles. The lowest BCUT2D eigenvalue weighted by Crippen LogP contribution is -2.43. The fraction of sp³-hybridized carbons (Fsp3) is 0.185. The molecule has 2 N–H and O–H groups in total. The van der Waals surface area contributed by atoms with Crippen molar-refractivity contribution in [3.05, 3.63) is 93.2 Å². The first-order valence-electron chi connectivity index (χ1n) is 11.2. The number of nitrogens with one attached hydrogen (secondary N) is 2. The second-order valence-electron chi connectivity index (χ2n) is 8.49. The molecule has 0 saturated carbocycles. The van der Waals surface area contributed by atoms with Gasteiger partial charge in [-0.2, -0.15) is 0 Å². The van der Waals surface area contributed by atoms with Crippen LogP contribution in [0.15, 0.2) is 77.6 Å². The zero-order chi connectivity index (χ0) is 23.7. The first-order valence-corrected chi connectivity index (χ1v) is 12.0. The minimum atomic E-state index is -0.275. The van der Waals surface area contributed by atoms with E-state index >= 15 is 0 Å². The number of amides is 1. The number of piperidine rings is 1. The van der Waals surface area contributed by atoms with Gasteiger partial charge >= 0.3 is 0 Å². The number of aromatic nitrogens is 1. The molecule has 1 aliphatic heterocycles. The van der Waals surface area contributed by atoms with E-state index in [1.807, 2.05) is 59.5 Å². The van der Waals surface area contributed by atoms with E-state index in [4.69, 9.17) is 23.2 Å². The summed E-state index contributed by atoms with van der Waals surface area (Å²) < 4.78 is 0. The minimum absolute atomic E-state index is 0.0978. The summed E-state index contributed by atoms with van der Waals surface area (Å²) in [7, 11) is 0. The zero-order valence-corrected chi connectivity index (χ0v) is 19.9. The molecule has 5 rings (SSSR count). The average Bonchev–Trinajstić information content (AvgIpc) is 2.85. The summed E-state index contributed by atoms with van der Waals surface area (Å²) in [4.78, 5) is 31.5. The molecule has 1 fully saturated rings. The smallest absolute Gasteiger partial charge is 0.272 e. The van der Waals surface area contributed by atoms with Crippen LogP contribution in [0.1, 0.15) is 12.8 Å². The van der Waals surface area contributed by atoms with E-state index in [1.54, 1.807) is 18.2 Å². The molecule has 172 valence electrons. The Morgan fingerprint density at radius 2 is 1.76 bits per heavy atom. The van der Waals surface area contributed by atoms with Gasteiger partial charge in [-0.3, -0.25) is 9.59 Å². The third-order valence-electron chi connectivity index (χ3n) is 6.25. The van der Waals surface area contributed by atoms with Crippen molar-refractivity contribution >= 4 is 51.4 Å². The Morgan fingerprint density at radius 3 is 2.56 bits per heavy atom. The molecule has 1 atom stereocenters. The molecular formula is C27H23Cl2N3O2. The van der Waals surface area contributed by atoms with Gasteiger partial charge in [0.05, 0.1) is 16.6 Å². The third kappa shape index (κ3) is 4.41. The number of anilines is 2. The summed E-state index contributed by atoms with van der Waals surface area (Å²) >= 11 is 12.6. The maximum atomic E-state index is 13.4. The van der Waals surface area contributed by atoms with Crippen LogP contribution in [0.25, 0.3) is 22.0 Å². The molecular weight excluding hydrogens is 469 g/mol. The van der Waals surface area contributed by atoms with Gasteiger partial charge < -0.3 is 15.2 Å². The maximum Gasteiger partial charge on any atom is 0.272 e. The number of pyridine rings is 1. The summed E-state index contributed by atoms with van der Waals surface area (Å²) in [6.07, 6.45) is 1.53. The summed E-state index contributed by atoms with van der Waals surface area (Å²) in [5.74, 6) is -0.373. The molecule has 0 bridgehead atoms. The predicted octanol–water partition coefficient (Wildman–Crippen LogP) is 6.36. The number of aromatic amines is 1. The number of H-pyrrole nitrogens is 1. The van der Waals surface area contributed by atoms with E-state index in [9.17, 15) is 9.59 Å². The van der Waals surface area contributed by atoms with E-state index < -0.39 is 0 Å². The molecule has 7 heteroatoms. The number of halogens is 2. The molecule has 0 aliphatic carbocycles. The van der Waals surface area contributed by atoms with E-state index in [1.165, 1.54) is 0 Å². The summed E-state index contributed by atoms with van der Waals surface area (Å²) in [5, 5.41) is 4.91. The van der Waals surface area contributed by atoms with E-state index in [0.717, 1.165) is 34.9 Å². The lowest BCUT2D eigenvalue weighted by atomic mass is 9.93. The number of carbonyl (C=O) groups is 1. The van der Waals surface area contributed by atoms with Crippen molar-refractivity contribution in [2.45, 2.75) is 12.8 Å². The van der Waals surface area contributed by atoms with Gasteiger partial charge in [-0.15, -0.1) is 0 Å². The van der Waals surface area contributed by atoms with Crippen LogP contribution >= 0.6 is 23.2 Å². The highest BCUT2D eigenvalue weighted by molar-refractivity contribution is 6.33. The van der Waals surface area contributed by atoms with Crippen molar-refractivity contribution in [2.24, 2.45) is 5.92 Å². The largest absolute Gasteiger partial charge is 0.366 e. The van der Waals surface area contributed by atoms with Crippen LogP contribution in [0, 0.1) is 5.92 Å². The van der Waals surface area contributed by atoms with Crippen LogP contribution in [0.3, 0.4) is 0 Å². The third-order valence-corrected chi connectivity index (χ3v) is 6.82. The Labute approximate surface area is 207 Å². The fourth-order valence-corrected chi connectivity index (χ4v) is 5.00. The highest BCUT2D eigenvalue weighted by Crippen LogP contribution is 2.37. The van der Waals surface area contributed by atoms with Crippen molar-refractivity contribution in [1.82, 2.24) is 4.98 Å². The maximum absolute atomic E-state index is 13.4. The summed E-state index contributed by atoms with van der Waals surface area (Å²) in [6.45, 7) is 1.12. The number of para-hydroxylation sites is 1. The number of nitrogens with zero attached hydrogens (tertiary/aromatic N) is 1. The number of hydrogen-bond donors (Lipinski definition) is 2. The van der Waals surface area contributed by atoms with Crippen molar-refractivity contribution in [3.63, 3.8) is 0 Å². The second kappa shape index (κ2) is 9.53. The van der Waals surface area contributed by atoms with E-state index in [-0.39, 0.29) is 17.4 Å². The van der Waals surface area contributed by atoms with Crippen molar-refractivity contribution in [2.75, 3.05) is 23.3 Å². The molecule has 0 radical (unpaired) electrons. The number of rotatable bonds is 4. The lowest BCUT2D eigenvalue weighted by molar-refractivity contribution is -0.120. The van der Waals surface area contributed by atoms with Gasteiger partial charge in [-0.05, 0) is 48.7 Å². The lowest BCUT2D eigenvalue weighted by Gasteiger charge is -2.34. The second-order valence-corrected chi connectivity index (χ2v) is 9.33. The number of benzene rings is 3. The standard InChI is InChI=1S/C27H23Cl2N3O2/c28-19-12-13-22-20(15-19)24(17-7-2-1-3-8-17)25(27(34)30-22)32-14-6-9-18(16-32)26(33)31-23-11-5-4-10-21(23)29/h1-5,7-8,10-13,15,18H,6,9,14,16H2,(H,30,34)(H,31,33). The van der Waals surface area contributed by atoms with E-state index in [2.05, 4.69) is 10.3 Å². The minimum Gasteiger partial charge on any atom is -0.366 e. The first kappa shape index (κ1) is 22.5. The molecule has 1 amide bonds. The molecule has 34 heavy (non-hydrogen) atoms. The van der Waals surface area contributed by atoms with Crippen LogP contribution in [-0.2, 0) is 4.79 Å². The quantitative estimate of drug-likeness (QED) is 0.349. The molecule has 1 aliphatic rings. The van der Waals surface area contributed by atoms with Crippen LogP contribution in [0.4, 0.5) is 11.4 Å². The first-order chi connectivity index (χ1) is 16.5. The number of carbonyl (C=O) groups excluding carboxylic acids is 1. The average molecular weight is 492 g/mol. The Morgan fingerprint density at radius 1 is 1.00 bits per heavy atom. The van der Waals surface area contributed by atoms with Gasteiger partial charge in [0.1, 0.15) is 5.69 Å². The van der Waals surface area contributed by atoms with Crippen LogP contribution in [0.5, 0.6) is 0 Å². The van der Waals surface area contributed by atoms with Crippen LogP contribution in [0.2, 0.25) is 10.0 Å². The molecule has 0 spiro atoms. The Bertz CT molecular complexity index is 1420. The number of fused-ring (bicyclic) bond motifs is 1. The Kier molecular flexibility index (Phi) is 6.31. The zero-order valence-electron chi connectivity index (χ0n) is 18.4. The monoisotopic (exact) mass is 491 g/mol. The van der Waals surface area contributed by atoms with Crippen molar-refractivity contribution in [3.8, 4) is 11.1 Å². The van der Waals surface area contributed by atoms with Gasteiger partial charge in [0.2, 0.25) is 5.91 Å². The highest BCUT2D eigenvalue weighted by Gasteiger charge is 2.30. The topological polar surface area (TPSA) is 65.2 Å². The van der Waals surface area contributed by atoms with Crippen LogP contribution < -0.4 is 15.8 Å². The van der Waals surface area contributed by atoms with Crippen molar-refractivity contribution < 1.29 is 4.79 Å². The normalized spacial score (nSPS) is 15.9. The fourth-order valence-electron chi connectivity index (χ4n) is 4.65. The SMILES string of the molecule is O=C(Nc1ccccc1Cl)C1CCCN(c2c(-c3ccccc3)c3cc(Cl)ccc3[nH]c2=O)C1. The Hall–Kier alpha value is -3.28. The van der Waals surface area contributed by atoms with E-state index in [0.29, 0.717) is 34.5 Å². The predicted molar refractivity (Wildman–Crippen MR) is 140 cm³/mol. The van der Waals surface area contributed by atoms with Gasteiger partial charge in [0, 0.05) is 34.6 Å². The molecule has 2 heterocycles.